The monoisotopic (exact) mass is 182 g/mol. The molecular formula is C9H10O4. The van der Waals surface area contributed by atoms with Gasteiger partial charge in [-0.1, -0.05) is 24.3 Å². The molecule has 1 aliphatic rings. The van der Waals surface area contributed by atoms with E-state index in [2.05, 4.69) is 0 Å². The van der Waals surface area contributed by atoms with Gasteiger partial charge in [0.15, 0.2) is 0 Å². The van der Waals surface area contributed by atoms with Gasteiger partial charge < -0.3 is 10.2 Å². The van der Waals surface area contributed by atoms with E-state index in [1.54, 1.807) is 12.2 Å². The number of rotatable bonds is 3. The van der Waals surface area contributed by atoms with E-state index in [0.29, 0.717) is 6.42 Å². The summed E-state index contributed by atoms with van der Waals surface area (Å²) in [7, 11) is 0. The summed E-state index contributed by atoms with van der Waals surface area (Å²) in [6, 6.07) is 0. The van der Waals surface area contributed by atoms with Crippen molar-refractivity contribution in [3.63, 3.8) is 0 Å². The van der Waals surface area contributed by atoms with Gasteiger partial charge in [0.05, 0.1) is 6.42 Å². The number of carbonyl (C=O) groups is 2. The Kier molecular flexibility index (Phi) is 2.51. The molecule has 70 valence electrons. The molecule has 0 radical (unpaired) electrons. The summed E-state index contributed by atoms with van der Waals surface area (Å²) in [6.07, 6.45) is 6.45. The van der Waals surface area contributed by atoms with Crippen molar-refractivity contribution < 1.29 is 19.8 Å². The van der Waals surface area contributed by atoms with Crippen LogP contribution in [0.5, 0.6) is 0 Å². The summed E-state index contributed by atoms with van der Waals surface area (Å²) < 4.78 is 0. The van der Waals surface area contributed by atoms with Crippen molar-refractivity contribution in [3.8, 4) is 0 Å². The third kappa shape index (κ3) is 1.96. The summed E-state index contributed by atoms with van der Waals surface area (Å²) in [4.78, 5) is 21.3. The molecule has 0 atom stereocenters. The van der Waals surface area contributed by atoms with Crippen LogP contribution in [0.4, 0.5) is 0 Å². The molecule has 0 spiro atoms. The number of hydrogen-bond acceptors (Lipinski definition) is 2. The topological polar surface area (TPSA) is 74.6 Å². The normalized spacial score (nSPS) is 18.5. The lowest BCUT2D eigenvalue weighted by molar-refractivity contribution is -0.150. The van der Waals surface area contributed by atoms with E-state index < -0.39 is 23.8 Å². The Labute approximate surface area is 75.2 Å². The average molecular weight is 182 g/mol. The van der Waals surface area contributed by atoms with Crippen LogP contribution in [-0.2, 0) is 9.59 Å². The molecule has 13 heavy (non-hydrogen) atoms. The highest BCUT2D eigenvalue weighted by molar-refractivity contribution is 5.85. The predicted octanol–water partition coefficient (Wildman–Crippen LogP) is 1.05. The SMILES string of the molecule is O=C(O)CC1(C(=O)O)C=CCC=C1. The third-order valence-corrected chi connectivity index (χ3v) is 1.94. The molecule has 0 heterocycles. The first-order valence-corrected chi connectivity index (χ1v) is 3.87. The molecule has 4 nitrogen and oxygen atoms in total. The molecule has 0 aromatic heterocycles. The maximum Gasteiger partial charge on any atom is 0.318 e. The summed E-state index contributed by atoms with van der Waals surface area (Å²) in [5.74, 6) is -2.24. The van der Waals surface area contributed by atoms with Crippen LogP contribution >= 0.6 is 0 Å². The molecule has 0 unspecified atom stereocenters. The van der Waals surface area contributed by atoms with E-state index in [4.69, 9.17) is 10.2 Å². The maximum atomic E-state index is 10.8. The Hall–Kier alpha value is -1.58. The molecule has 0 aliphatic heterocycles. The second-order valence-corrected chi connectivity index (χ2v) is 2.96. The Bertz CT molecular complexity index is 276. The molecule has 4 heteroatoms. The molecule has 1 rings (SSSR count). The van der Waals surface area contributed by atoms with Crippen LogP contribution < -0.4 is 0 Å². The van der Waals surface area contributed by atoms with Gasteiger partial charge in [0.25, 0.3) is 0 Å². The Morgan fingerprint density at radius 1 is 1.23 bits per heavy atom. The van der Waals surface area contributed by atoms with E-state index in [0.717, 1.165) is 0 Å². The van der Waals surface area contributed by atoms with Crippen LogP contribution in [0.2, 0.25) is 0 Å². The summed E-state index contributed by atoms with van der Waals surface area (Å²) in [5.41, 5.74) is -1.34. The van der Waals surface area contributed by atoms with E-state index in [1.807, 2.05) is 0 Å². The van der Waals surface area contributed by atoms with Crippen molar-refractivity contribution >= 4 is 11.9 Å². The zero-order chi connectivity index (χ0) is 9.90. The van der Waals surface area contributed by atoms with Crippen molar-refractivity contribution in [2.45, 2.75) is 12.8 Å². The Morgan fingerprint density at radius 2 is 1.77 bits per heavy atom. The van der Waals surface area contributed by atoms with Crippen molar-refractivity contribution in [1.82, 2.24) is 0 Å². The highest BCUT2D eigenvalue weighted by atomic mass is 16.4. The van der Waals surface area contributed by atoms with Gasteiger partial charge >= 0.3 is 11.9 Å². The van der Waals surface area contributed by atoms with Gasteiger partial charge in [0.2, 0.25) is 0 Å². The number of carboxylic acid groups (broad SMARTS) is 2. The molecule has 0 saturated carbocycles. The zero-order valence-corrected chi connectivity index (χ0v) is 6.93. The van der Waals surface area contributed by atoms with Crippen molar-refractivity contribution in [3.05, 3.63) is 24.3 Å². The maximum absolute atomic E-state index is 10.8. The quantitative estimate of drug-likeness (QED) is 0.639. The largest absolute Gasteiger partial charge is 0.481 e. The third-order valence-electron chi connectivity index (χ3n) is 1.94. The molecule has 0 aromatic carbocycles. The minimum Gasteiger partial charge on any atom is -0.481 e. The van der Waals surface area contributed by atoms with Crippen LogP contribution in [0.15, 0.2) is 24.3 Å². The smallest absolute Gasteiger partial charge is 0.318 e. The number of hydrogen-bond donors (Lipinski definition) is 2. The van der Waals surface area contributed by atoms with Gasteiger partial charge in [-0.3, -0.25) is 9.59 Å². The van der Waals surface area contributed by atoms with Crippen molar-refractivity contribution in [2.75, 3.05) is 0 Å². The summed E-state index contributed by atoms with van der Waals surface area (Å²) >= 11 is 0. The Balaban J connectivity index is 2.93. The van der Waals surface area contributed by atoms with Crippen LogP contribution in [0.3, 0.4) is 0 Å². The van der Waals surface area contributed by atoms with Crippen LogP contribution in [0.25, 0.3) is 0 Å². The van der Waals surface area contributed by atoms with Gasteiger partial charge in [-0.25, -0.2) is 0 Å². The Morgan fingerprint density at radius 3 is 2.15 bits per heavy atom. The lowest BCUT2D eigenvalue weighted by Crippen LogP contribution is -2.30. The van der Waals surface area contributed by atoms with E-state index >= 15 is 0 Å². The summed E-state index contributed by atoms with van der Waals surface area (Å²) in [5, 5.41) is 17.4. The minimum atomic E-state index is -1.34. The van der Waals surface area contributed by atoms with Crippen LogP contribution in [-0.4, -0.2) is 22.2 Å². The first-order valence-electron chi connectivity index (χ1n) is 3.87. The second kappa shape index (κ2) is 3.43. The van der Waals surface area contributed by atoms with Crippen molar-refractivity contribution in [2.24, 2.45) is 5.41 Å². The van der Waals surface area contributed by atoms with Crippen LogP contribution in [0, 0.1) is 5.41 Å². The fourth-order valence-corrected chi connectivity index (χ4v) is 1.28. The van der Waals surface area contributed by atoms with Gasteiger partial charge in [-0.05, 0) is 6.42 Å². The fourth-order valence-electron chi connectivity index (χ4n) is 1.28. The number of carboxylic acids is 2. The van der Waals surface area contributed by atoms with Gasteiger partial charge in [0.1, 0.15) is 5.41 Å². The number of allylic oxidation sites excluding steroid dienone is 2. The predicted molar refractivity (Wildman–Crippen MR) is 45.2 cm³/mol. The highest BCUT2D eigenvalue weighted by Crippen LogP contribution is 2.29. The average Bonchev–Trinajstić information content (AvgIpc) is 2.04. The minimum absolute atomic E-state index is 0.407. The van der Waals surface area contributed by atoms with Gasteiger partial charge in [-0.2, -0.15) is 0 Å². The van der Waals surface area contributed by atoms with Crippen molar-refractivity contribution in [1.29, 1.82) is 0 Å². The number of aliphatic carboxylic acids is 2. The fraction of sp³-hybridized carbons (Fsp3) is 0.333. The molecular weight excluding hydrogens is 172 g/mol. The second-order valence-electron chi connectivity index (χ2n) is 2.96. The zero-order valence-electron chi connectivity index (χ0n) is 6.93. The molecule has 0 amide bonds. The first-order chi connectivity index (χ1) is 6.07. The highest BCUT2D eigenvalue weighted by Gasteiger charge is 2.36. The molecule has 0 saturated heterocycles. The lowest BCUT2D eigenvalue weighted by atomic mass is 9.81. The first kappa shape index (κ1) is 9.51. The summed E-state index contributed by atoms with van der Waals surface area (Å²) in [6.45, 7) is 0. The van der Waals surface area contributed by atoms with Gasteiger partial charge in [0, 0.05) is 0 Å². The molecule has 2 N–H and O–H groups in total. The molecule has 0 aromatic rings. The standard InChI is InChI=1S/C9H10O4/c10-7(11)6-9(8(12)13)4-2-1-3-5-9/h2-5H,1,6H2,(H,10,11)(H,12,13). The van der Waals surface area contributed by atoms with E-state index in [9.17, 15) is 9.59 Å². The van der Waals surface area contributed by atoms with Gasteiger partial charge in [-0.15, -0.1) is 0 Å². The molecule has 0 fully saturated rings. The lowest BCUT2D eigenvalue weighted by Gasteiger charge is -2.21. The molecule has 0 bridgehead atoms. The van der Waals surface area contributed by atoms with Crippen LogP contribution in [0.1, 0.15) is 12.8 Å². The van der Waals surface area contributed by atoms with E-state index in [1.165, 1.54) is 12.2 Å². The molecule has 1 aliphatic carbocycles. The van der Waals surface area contributed by atoms with E-state index in [-0.39, 0.29) is 0 Å².